The zero-order valence-corrected chi connectivity index (χ0v) is 16.9. The lowest BCUT2D eigenvalue weighted by Crippen LogP contribution is -2.23. The molecule has 0 unspecified atom stereocenters. The van der Waals surface area contributed by atoms with E-state index in [-0.39, 0.29) is 0 Å². The molecule has 28 heavy (non-hydrogen) atoms. The van der Waals surface area contributed by atoms with Crippen molar-refractivity contribution in [3.8, 4) is 17.1 Å². The average Bonchev–Trinajstić information content (AvgIpc) is 2.75. The van der Waals surface area contributed by atoms with E-state index in [1.54, 1.807) is 7.11 Å². The van der Waals surface area contributed by atoms with E-state index in [0.717, 1.165) is 54.8 Å². The van der Waals surface area contributed by atoms with Gasteiger partial charge in [0.15, 0.2) is 5.82 Å². The van der Waals surface area contributed by atoms with Crippen molar-refractivity contribution in [2.45, 2.75) is 20.3 Å². The van der Waals surface area contributed by atoms with Crippen LogP contribution in [0.5, 0.6) is 5.75 Å². The fourth-order valence-electron chi connectivity index (χ4n) is 3.11. The molecule has 0 spiro atoms. The van der Waals surface area contributed by atoms with Crippen molar-refractivity contribution in [2.24, 2.45) is 0 Å². The van der Waals surface area contributed by atoms with E-state index < -0.39 is 0 Å². The molecular weight excluding hydrogens is 348 g/mol. The van der Waals surface area contributed by atoms with Gasteiger partial charge in [-0.05, 0) is 38.0 Å². The summed E-state index contributed by atoms with van der Waals surface area (Å²) in [6, 6.07) is 20.3. The predicted molar refractivity (Wildman–Crippen MR) is 116 cm³/mol. The Hall–Kier alpha value is -3.08. The standard InChI is InChI=1S/C23H28N4O/c1-4-27(5-2)22-17-21(25-23(26-22)19-11-7-6-8-12-19)24-15-14-18-10-9-13-20(16-18)28-3/h6-13,16-17H,4-5,14-15H2,1-3H3,(H,24,25,26). The molecule has 0 aliphatic carbocycles. The third-order valence-electron chi connectivity index (χ3n) is 4.69. The molecule has 0 aliphatic rings. The van der Waals surface area contributed by atoms with Gasteiger partial charge in [0, 0.05) is 31.3 Å². The van der Waals surface area contributed by atoms with Gasteiger partial charge in [0.2, 0.25) is 0 Å². The summed E-state index contributed by atoms with van der Waals surface area (Å²) in [5.41, 5.74) is 2.25. The number of rotatable bonds is 9. The molecule has 0 saturated carbocycles. The van der Waals surface area contributed by atoms with Crippen LogP contribution in [0.3, 0.4) is 0 Å². The lowest BCUT2D eigenvalue weighted by atomic mass is 10.1. The van der Waals surface area contributed by atoms with Crippen LogP contribution in [0.1, 0.15) is 19.4 Å². The number of hydrogen-bond acceptors (Lipinski definition) is 5. The molecule has 0 fully saturated rings. The van der Waals surface area contributed by atoms with Gasteiger partial charge in [-0.1, -0.05) is 42.5 Å². The quantitative estimate of drug-likeness (QED) is 0.589. The summed E-state index contributed by atoms with van der Waals surface area (Å²) in [6.07, 6.45) is 0.891. The van der Waals surface area contributed by atoms with E-state index in [1.165, 1.54) is 5.56 Å². The Kier molecular flexibility index (Phi) is 6.84. The SMILES string of the molecule is CCN(CC)c1cc(NCCc2cccc(OC)c2)nc(-c2ccccc2)n1. The molecule has 0 aliphatic heterocycles. The number of ether oxygens (including phenoxy) is 1. The summed E-state index contributed by atoms with van der Waals surface area (Å²) in [6.45, 7) is 6.89. The first-order chi connectivity index (χ1) is 13.7. The Morgan fingerprint density at radius 3 is 2.43 bits per heavy atom. The summed E-state index contributed by atoms with van der Waals surface area (Å²) in [5.74, 6) is 3.42. The minimum atomic E-state index is 0.744. The maximum Gasteiger partial charge on any atom is 0.163 e. The van der Waals surface area contributed by atoms with Gasteiger partial charge in [0.05, 0.1) is 7.11 Å². The van der Waals surface area contributed by atoms with E-state index in [4.69, 9.17) is 14.7 Å². The Bertz CT molecular complexity index is 879. The minimum absolute atomic E-state index is 0.744. The molecular formula is C23H28N4O. The lowest BCUT2D eigenvalue weighted by Gasteiger charge is -2.21. The molecule has 1 aromatic heterocycles. The molecule has 1 heterocycles. The zero-order chi connectivity index (χ0) is 19.8. The fourth-order valence-corrected chi connectivity index (χ4v) is 3.11. The van der Waals surface area contributed by atoms with Crippen molar-refractivity contribution >= 4 is 11.6 Å². The molecule has 146 valence electrons. The Labute approximate surface area is 167 Å². The summed E-state index contributed by atoms with van der Waals surface area (Å²) in [7, 11) is 1.69. The van der Waals surface area contributed by atoms with E-state index in [0.29, 0.717) is 0 Å². The number of benzene rings is 2. The Morgan fingerprint density at radius 2 is 1.71 bits per heavy atom. The average molecular weight is 377 g/mol. The highest BCUT2D eigenvalue weighted by molar-refractivity contribution is 5.61. The normalized spacial score (nSPS) is 10.5. The molecule has 0 radical (unpaired) electrons. The molecule has 3 rings (SSSR count). The van der Waals surface area contributed by atoms with Gasteiger partial charge in [-0.2, -0.15) is 0 Å². The van der Waals surface area contributed by atoms with Crippen LogP contribution in [0.2, 0.25) is 0 Å². The van der Waals surface area contributed by atoms with Gasteiger partial charge >= 0.3 is 0 Å². The van der Waals surface area contributed by atoms with Gasteiger partial charge in [-0.3, -0.25) is 0 Å². The second-order valence-electron chi connectivity index (χ2n) is 6.50. The predicted octanol–water partition coefficient (Wildman–Crippen LogP) is 4.65. The van der Waals surface area contributed by atoms with Crippen LogP contribution in [-0.4, -0.2) is 36.7 Å². The number of anilines is 2. The number of aromatic nitrogens is 2. The largest absolute Gasteiger partial charge is 0.497 e. The second kappa shape index (κ2) is 9.74. The van der Waals surface area contributed by atoms with E-state index >= 15 is 0 Å². The van der Waals surface area contributed by atoms with Gasteiger partial charge in [0.25, 0.3) is 0 Å². The third-order valence-corrected chi connectivity index (χ3v) is 4.69. The highest BCUT2D eigenvalue weighted by Crippen LogP contribution is 2.22. The summed E-state index contributed by atoms with van der Waals surface area (Å²) < 4.78 is 5.30. The van der Waals surface area contributed by atoms with Crippen LogP contribution in [0.25, 0.3) is 11.4 Å². The van der Waals surface area contributed by atoms with Crippen molar-refractivity contribution in [2.75, 3.05) is 37.0 Å². The first-order valence-electron chi connectivity index (χ1n) is 9.79. The number of methoxy groups -OCH3 is 1. The van der Waals surface area contributed by atoms with Crippen LogP contribution in [0, 0.1) is 0 Å². The van der Waals surface area contributed by atoms with Gasteiger partial charge in [-0.15, -0.1) is 0 Å². The van der Waals surface area contributed by atoms with Gasteiger partial charge in [0.1, 0.15) is 17.4 Å². The maximum atomic E-state index is 5.30. The van der Waals surface area contributed by atoms with Crippen molar-refractivity contribution in [1.82, 2.24) is 9.97 Å². The molecule has 5 heteroatoms. The first-order valence-corrected chi connectivity index (χ1v) is 9.79. The zero-order valence-electron chi connectivity index (χ0n) is 16.9. The summed E-state index contributed by atoms with van der Waals surface area (Å²) in [5, 5.41) is 3.47. The molecule has 1 N–H and O–H groups in total. The highest BCUT2D eigenvalue weighted by Gasteiger charge is 2.10. The maximum absolute atomic E-state index is 5.30. The molecule has 0 saturated heterocycles. The highest BCUT2D eigenvalue weighted by atomic mass is 16.5. The van der Waals surface area contributed by atoms with Crippen molar-refractivity contribution in [3.63, 3.8) is 0 Å². The molecule has 5 nitrogen and oxygen atoms in total. The first kappa shape index (κ1) is 19.7. The van der Waals surface area contributed by atoms with Crippen LogP contribution >= 0.6 is 0 Å². The Morgan fingerprint density at radius 1 is 0.929 bits per heavy atom. The number of hydrogen-bond donors (Lipinski definition) is 1. The molecule has 0 bridgehead atoms. The molecule has 0 atom stereocenters. The van der Waals surface area contributed by atoms with Crippen LogP contribution in [0.4, 0.5) is 11.6 Å². The number of nitrogens with zero attached hydrogens (tertiary/aromatic N) is 3. The van der Waals surface area contributed by atoms with Gasteiger partial charge in [-0.25, -0.2) is 9.97 Å². The van der Waals surface area contributed by atoms with Crippen molar-refractivity contribution in [1.29, 1.82) is 0 Å². The van der Waals surface area contributed by atoms with Crippen LogP contribution in [-0.2, 0) is 6.42 Å². The van der Waals surface area contributed by atoms with E-state index in [1.807, 2.05) is 48.5 Å². The van der Waals surface area contributed by atoms with E-state index in [9.17, 15) is 0 Å². The van der Waals surface area contributed by atoms with E-state index in [2.05, 4.69) is 36.2 Å². The number of nitrogens with one attached hydrogen (secondary N) is 1. The fraction of sp³-hybridized carbons (Fsp3) is 0.304. The molecule has 0 amide bonds. The molecule has 3 aromatic rings. The lowest BCUT2D eigenvalue weighted by molar-refractivity contribution is 0.414. The summed E-state index contributed by atoms with van der Waals surface area (Å²) in [4.78, 5) is 11.8. The van der Waals surface area contributed by atoms with Crippen LogP contribution < -0.4 is 15.0 Å². The second-order valence-corrected chi connectivity index (χ2v) is 6.50. The summed E-state index contributed by atoms with van der Waals surface area (Å²) >= 11 is 0. The monoisotopic (exact) mass is 376 g/mol. The molecule has 2 aromatic carbocycles. The minimum Gasteiger partial charge on any atom is -0.497 e. The smallest absolute Gasteiger partial charge is 0.163 e. The Balaban J connectivity index is 1.79. The van der Waals surface area contributed by atoms with Crippen molar-refractivity contribution < 1.29 is 4.74 Å². The topological polar surface area (TPSA) is 50.3 Å². The van der Waals surface area contributed by atoms with Gasteiger partial charge < -0.3 is 15.0 Å². The third kappa shape index (κ3) is 5.00. The van der Waals surface area contributed by atoms with Crippen molar-refractivity contribution in [3.05, 3.63) is 66.2 Å². The van der Waals surface area contributed by atoms with Crippen LogP contribution in [0.15, 0.2) is 60.7 Å².